The lowest BCUT2D eigenvalue weighted by Crippen LogP contribution is -2.49. The number of hydrogen-bond donors (Lipinski definition) is 3. The molecule has 0 bridgehead atoms. The Hall–Kier alpha value is -3.47. The van der Waals surface area contributed by atoms with Gasteiger partial charge < -0.3 is 20.1 Å². The van der Waals surface area contributed by atoms with Crippen LogP contribution in [0.1, 0.15) is 19.4 Å². The molecule has 0 aromatic heterocycles. The number of hydrazine groups is 1. The molecule has 0 unspecified atom stereocenters. The van der Waals surface area contributed by atoms with Gasteiger partial charge in [-0.25, -0.2) is 4.79 Å². The summed E-state index contributed by atoms with van der Waals surface area (Å²) in [4.78, 5) is 25.3. The highest BCUT2D eigenvalue weighted by Crippen LogP contribution is 2.29. The first-order valence-electron chi connectivity index (χ1n) is 9.25. The Kier molecular flexibility index (Phi) is 6.54. The van der Waals surface area contributed by atoms with Crippen LogP contribution < -0.4 is 25.5 Å². The Morgan fingerprint density at radius 2 is 1.74 bits per heavy atom. The first-order chi connectivity index (χ1) is 14.7. The molecule has 1 heterocycles. The van der Waals surface area contributed by atoms with E-state index < -0.39 is 24.1 Å². The van der Waals surface area contributed by atoms with E-state index in [4.69, 9.17) is 17.0 Å². The van der Waals surface area contributed by atoms with Crippen LogP contribution in [0.5, 0.6) is 11.5 Å². The third-order valence-corrected chi connectivity index (χ3v) is 4.68. The van der Waals surface area contributed by atoms with Gasteiger partial charge in [-0.05, 0) is 68.0 Å². The van der Waals surface area contributed by atoms with Crippen molar-refractivity contribution in [2.45, 2.75) is 26.0 Å². The average Bonchev–Trinajstić information content (AvgIpc) is 2.93. The van der Waals surface area contributed by atoms with Crippen LogP contribution in [-0.4, -0.2) is 35.3 Å². The molecule has 31 heavy (non-hydrogen) atoms. The lowest BCUT2D eigenvalue weighted by molar-refractivity contribution is -0.132. The molecule has 2 aromatic carbocycles. The van der Waals surface area contributed by atoms with Crippen LogP contribution in [0.2, 0.25) is 0 Å². The summed E-state index contributed by atoms with van der Waals surface area (Å²) < 4.78 is 34.3. The highest BCUT2D eigenvalue weighted by atomic mass is 32.1. The van der Waals surface area contributed by atoms with Crippen LogP contribution in [0, 0.1) is 0 Å². The zero-order valence-electron chi connectivity index (χ0n) is 16.6. The summed E-state index contributed by atoms with van der Waals surface area (Å²) in [5.74, 6) is 0.0208. The number of halogens is 2. The number of nitrogens with zero attached hydrogens (tertiary/aromatic N) is 1. The van der Waals surface area contributed by atoms with Gasteiger partial charge in [0.2, 0.25) is 0 Å². The number of carbonyl (C=O) groups excluding carboxylic acids is 2. The summed E-state index contributed by atoms with van der Waals surface area (Å²) in [6, 6.07) is 11.7. The highest BCUT2D eigenvalue weighted by Gasteiger charge is 2.49. The molecular weight excluding hydrogens is 430 g/mol. The maximum absolute atomic E-state index is 12.9. The highest BCUT2D eigenvalue weighted by molar-refractivity contribution is 7.80. The third kappa shape index (κ3) is 5.00. The van der Waals surface area contributed by atoms with Gasteiger partial charge in [-0.15, -0.1) is 0 Å². The zero-order valence-corrected chi connectivity index (χ0v) is 17.5. The zero-order chi connectivity index (χ0) is 22.6. The molecule has 1 aliphatic heterocycles. The third-order valence-electron chi connectivity index (χ3n) is 4.48. The Morgan fingerprint density at radius 1 is 1.13 bits per heavy atom. The molecule has 0 spiro atoms. The SMILES string of the molecule is CCOc1ccc(NC(=S)NN2C(=O)N[C@](C)(c3ccc(OC(F)F)cc3)C2=O)cc1. The Morgan fingerprint density at radius 3 is 2.32 bits per heavy atom. The number of alkyl halides is 2. The number of thiocarbonyl (C=S) groups is 1. The second kappa shape index (κ2) is 9.13. The Balaban J connectivity index is 1.67. The minimum absolute atomic E-state index is 0.0255. The van der Waals surface area contributed by atoms with Gasteiger partial charge in [-0.1, -0.05) is 12.1 Å². The molecule has 2 aromatic rings. The van der Waals surface area contributed by atoms with E-state index in [1.54, 1.807) is 24.3 Å². The molecule has 3 N–H and O–H groups in total. The molecule has 8 nitrogen and oxygen atoms in total. The number of nitrogens with one attached hydrogen (secondary N) is 3. The first-order valence-corrected chi connectivity index (χ1v) is 9.66. The minimum atomic E-state index is -2.96. The number of benzene rings is 2. The molecule has 11 heteroatoms. The van der Waals surface area contributed by atoms with E-state index >= 15 is 0 Å². The summed E-state index contributed by atoms with van der Waals surface area (Å²) in [5, 5.41) is 6.24. The number of urea groups is 1. The fraction of sp³-hybridized carbons (Fsp3) is 0.250. The molecule has 0 saturated carbocycles. The second-order valence-electron chi connectivity index (χ2n) is 6.62. The van der Waals surface area contributed by atoms with Gasteiger partial charge in [0.1, 0.15) is 17.0 Å². The van der Waals surface area contributed by atoms with Crippen molar-refractivity contribution in [2.75, 3.05) is 11.9 Å². The van der Waals surface area contributed by atoms with Crippen molar-refractivity contribution in [1.82, 2.24) is 15.8 Å². The quantitative estimate of drug-likeness (QED) is 0.440. The number of imide groups is 1. The fourth-order valence-electron chi connectivity index (χ4n) is 2.97. The summed E-state index contributed by atoms with van der Waals surface area (Å²) in [6.45, 7) is 0.959. The van der Waals surface area contributed by atoms with Crippen molar-refractivity contribution in [2.24, 2.45) is 0 Å². The lowest BCUT2D eigenvalue weighted by Gasteiger charge is -2.23. The molecule has 0 aliphatic carbocycles. The second-order valence-corrected chi connectivity index (χ2v) is 7.03. The van der Waals surface area contributed by atoms with E-state index in [9.17, 15) is 18.4 Å². The van der Waals surface area contributed by atoms with Crippen molar-refractivity contribution in [1.29, 1.82) is 0 Å². The van der Waals surface area contributed by atoms with Gasteiger partial charge in [-0.2, -0.15) is 13.8 Å². The Bertz CT molecular complexity index is 972. The van der Waals surface area contributed by atoms with E-state index in [2.05, 4.69) is 20.8 Å². The molecule has 3 rings (SSSR count). The predicted molar refractivity (Wildman–Crippen MR) is 113 cm³/mol. The molecule has 1 atom stereocenters. The normalized spacial score (nSPS) is 18.0. The fourth-order valence-corrected chi connectivity index (χ4v) is 3.18. The van der Waals surface area contributed by atoms with Crippen LogP contribution in [0.25, 0.3) is 0 Å². The first kappa shape index (κ1) is 22.2. The van der Waals surface area contributed by atoms with E-state index in [-0.39, 0.29) is 10.9 Å². The van der Waals surface area contributed by atoms with Crippen molar-refractivity contribution >= 4 is 35.0 Å². The minimum Gasteiger partial charge on any atom is -0.494 e. The average molecular weight is 450 g/mol. The number of ether oxygens (including phenoxy) is 2. The molecule has 1 fully saturated rings. The Labute approximate surface area is 182 Å². The number of rotatable bonds is 7. The number of amides is 3. The number of hydrogen-bond acceptors (Lipinski definition) is 5. The smallest absolute Gasteiger partial charge is 0.387 e. The van der Waals surface area contributed by atoms with Gasteiger partial charge in [0.15, 0.2) is 5.11 Å². The molecule has 164 valence electrons. The molecule has 1 saturated heterocycles. The molecular formula is C20H20F2N4O4S. The molecule has 0 radical (unpaired) electrons. The van der Waals surface area contributed by atoms with Crippen molar-refractivity contribution in [3.8, 4) is 11.5 Å². The molecule has 3 amide bonds. The van der Waals surface area contributed by atoms with Crippen molar-refractivity contribution < 1.29 is 27.8 Å². The number of anilines is 1. The van der Waals surface area contributed by atoms with Crippen LogP contribution in [0.3, 0.4) is 0 Å². The van der Waals surface area contributed by atoms with Crippen LogP contribution in [0.15, 0.2) is 48.5 Å². The van der Waals surface area contributed by atoms with Gasteiger partial charge >= 0.3 is 12.6 Å². The summed E-state index contributed by atoms with van der Waals surface area (Å²) in [6.07, 6.45) is 0. The molecule has 1 aliphatic rings. The van der Waals surface area contributed by atoms with Gasteiger partial charge in [0, 0.05) is 5.69 Å². The van der Waals surface area contributed by atoms with Crippen LogP contribution >= 0.6 is 12.2 Å². The summed E-state index contributed by atoms with van der Waals surface area (Å²) in [5.41, 5.74) is 2.17. The lowest BCUT2D eigenvalue weighted by atomic mass is 9.92. The maximum Gasteiger partial charge on any atom is 0.387 e. The largest absolute Gasteiger partial charge is 0.494 e. The van der Waals surface area contributed by atoms with E-state index in [0.717, 1.165) is 5.01 Å². The standard InChI is InChI=1S/C20H20F2N4O4S/c1-3-29-14-10-6-13(7-11-14)23-18(31)25-26-16(27)20(2,24-19(26)28)12-4-8-15(9-5-12)30-17(21)22/h4-11,17H,3H2,1-2H3,(H,24,28)(H2,23,25,31)/t20-/m1/s1. The van der Waals surface area contributed by atoms with E-state index in [1.807, 2.05) is 6.92 Å². The van der Waals surface area contributed by atoms with Crippen LogP contribution in [-0.2, 0) is 10.3 Å². The van der Waals surface area contributed by atoms with Crippen molar-refractivity contribution in [3.05, 3.63) is 54.1 Å². The maximum atomic E-state index is 12.9. The van der Waals surface area contributed by atoms with Crippen molar-refractivity contribution in [3.63, 3.8) is 0 Å². The predicted octanol–water partition coefficient (Wildman–Crippen LogP) is 3.36. The van der Waals surface area contributed by atoms with Gasteiger partial charge in [0.05, 0.1) is 6.61 Å². The topological polar surface area (TPSA) is 91.9 Å². The van der Waals surface area contributed by atoms with Gasteiger partial charge in [0.25, 0.3) is 5.91 Å². The van der Waals surface area contributed by atoms with E-state index in [0.29, 0.717) is 23.6 Å². The summed E-state index contributed by atoms with van der Waals surface area (Å²) >= 11 is 5.20. The number of carbonyl (C=O) groups is 2. The summed E-state index contributed by atoms with van der Waals surface area (Å²) in [7, 11) is 0. The van der Waals surface area contributed by atoms with E-state index in [1.165, 1.54) is 31.2 Å². The van der Waals surface area contributed by atoms with Gasteiger partial charge in [-0.3, -0.25) is 10.2 Å². The van der Waals surface area contributed by atoms with Crippen LogP contribution in [0.4, 0.5) is 19.3 Å². The monoisotopic (exact) mass is 450 g/mol.